The first kappa shape index (κ1) is 10.0. The van der Waals surface area contributed by atoms with Crippen molar-refractivity contribution in [1.29, 1.82) is 0 Å². The van der Waals surface area contributed by atoms with E-state index in [1.165, 1.54) is 12.8 Å². The fourth-order valence-corrected chi connectivity index (χ4v) is 1.60. The zero-order chi connectivity index (χ0) is 9.14. The number of hydrogen-bond donors (Lipinski definition) is 1. The van der Waals surface area contributed by atoms with E-state index in [0.717, 1.165) is 6.42 Å². The van der Waals surface area contributed by atoms with E-state index in [9.17, 15) is 5.11 Å². The fourth-order valence-electron chi connectivity index (χ4n) is 1.60. The molecule has 1 fully saturated rings. The van der Waals surface area contributed by atoms with E-state index < -0.39 is 0 Å². The second-order valence-corrected chi connectivity index (χ2v) is 3.91. The van der Waals surface area contributed by atoms with Crippen molar-refractivity contribution in [3.8, 4) is 0 Å². The third-order valence-corrected chi connectivity index (χ3v) is 2.92. The maximum absolute atomic E-state index is 9.86. The normalized spacial score (nSPS) is 25.0. The Bertz CT molecular complexity index is 132. The predicted octanol–water partition coefficient (Wildman–Crippen LogP) is 1.82. The highest BCUT2D eigenvalue weighted by Crippen LogP contribution is 2.37. The minimum Gasteiger partial charge on any atom is -0.390 e. The van der Waals surface area contributed by atoms with Gasteiger partial charge in [-0.3, -0.25) is 0 Å². The molecule has 2 heteroatoms. The number of aliphatic hydroxyl groups excluding tert-OH is 1. The highest BCUT2D eigenvalue weighted by atomic mass is 16.5. The standard InChI is InChI=1S/C10H20O2/c1-4-7(2)9(11)10(12-3)8-5-6-8/h7-11H,4-6H2,1-3H3. The molecule has 0 spiro atoms. The highest BCUT2D eigenvalue weighted by Gasteiger charge is 2.37. The van der Waals surface area contributed by atoms with Gasteiger partial charge in [-0.05, 0) is 24.7 Å². The molecular weight excluding hydrogens is 152 g/mol. The highest BCUT2D eigenvalue weighted by molar-refractivity contribution is 4.88. The molecule has 0 bridgehead atoms. The van der Waals surface area contributed by atoms with Gasteiger partial charge in [0.25, 0.3) is 0 Å². The van der Waals surface area contributed by atoms with Crippen LogP contribution in [0.1, 0.15) is 33.1 Å². The lowest BCUT2D eigenvalue weighted by Gasteiger charge is -2.25. The van der Waals surface area contributed by atoms with Crippen molar-refractivity contribution in [1.82, 2.24) is 0 Å². The first-order valence-corrected chi connectivity index (χ1v) is 4.91. The minimum absolute atomic E-state index is 0.0833. The minimum atomic E-state index is -0.271. The van der Waals surface area contributed by atoms with Crippen LogP contribution >= 0.6 is 0 Å². The Morgan fingerprint density at radius 2 is 2.08 bits per heavy atom. The second kappa shape index (κ2) is 4.24. The second-order valence-electron chi connectivity index (χ2n) is 3.91. The molecule has 1 aliphatic carbocycles. The molecule has 3 unspecified atom stereocenters. The van der Waals surface area contributed by atoms with E-state index in [2.05, 4.69) is 13.8 Å². The summed E-state index contributed by atoms with van der Waals surface area (Å²) in [6, 6.07) is 0. The van der Waals surface area contributed by atoms with E-state index in [0.29, 0.717) is 11.8 Å². The van der Waals surface area contributed by atoms with Crippen molar-refractivity contribution in [2.24, 2.45) is 11.8 Å². The molecule has 0 saturated heterocycles. The van der Waals surface area contributed by atoms with Crippen molar-refractivity contribution in [3.05, 3.63) is 0 Å². The Balaban J connectivity index is 2.40. The summed E-state index contributed by atoms with van der Waals surface area (Å²) >= 11 is 0. The van der Waals surface area contributed by atoms with Crippen LogP contribution in [0.5, 0.6) is 0 Å². The summed E-state index contributed by atoms with van der Waals surface area (Å²) in [6.45, 7) is 4.19. The van der Waals surface area contributed by atoms with Crippen LogP contribution in [0.25, 0.3) is 0 Å². The Morgan fingerprint density at radius 3 is 2.42 bits per heavy atom. The lowest BCUT2D eigenvalue weighted by Crippen LogP contribution is -2.35. The van der Waals surface area contributed by atoms with Gasteiger partial charge in [-0.25, -0.2) is 0 Å². The van der Waals surface area contributed by atoms with Crippen LogP contribution in [0, 0.1) is 11.8 Å². The predicted molar refractivity (Wildman–Crippen MR) is 49.0 cm³/mol. The van der Waals surface area contributed by atoms with Gasteiger partial charge in [-0.1, -0.05) is 20.3 Å². The average molecular weight is 172 g/mol. The third-order valence-electron chi connectivity index (χ3n) is 2.92. The number of ether oxygens (including phenoxy) is 1. The molecule has 1 aliphatic rings. The molecule has 3 atom stereocenters. The molecule has 72 valence electrons. The fraction of sp³-hybridized carbons (Fsp3) is 1.00. The number of aliphatic hydroxyl groups is 1. The molecule has 1 rings (SSSR count). The van der Waals surface area contributed by atoms with Gasteiger partial charge in [0.15, 0.2) is 0 Å². The monoisotopic (exact) mass is 172 g/mol. The summed E-state index contributed by atoms with van der Waals surface area (Å²) in [7, 11) is 1.70. The van der Waals surface area contributed by atoms with Crippen LogP contribution in [0.4, 0.5) is 0 Å². The van der Waals surface area contributed by atoms with Crippen LogP contribution < -0.4 is 0 Å². The van der Waals surface area contributed by atoms with Crippen molar-refractivity contribution in [3.63, 3.8) is 0 Å². The molecule has 0 radical (unpaired) electrons. The molecule has 2 nitrogen and oxygen atoms in total. The maximum Gasteiger partial charge on any atom is 0.0860 e. The van der Waals surface area contributed by atoms with Gasteiger partial charge in [-0.2, -0.15) is 0 Å². The van der Waals surface area contributed by atoms with Crippen molar-refractivity contribution < 1.29 is 9.84 Å². The van der Waals surface area contributed by atoms with Gasteiger partial charge in [0, 0.05) is 7.11 Å². The van der Waals surface area contributed by atoms with Crippen LogP contribution in [0.15, 0.2) is 0 Å². The van der Waals surface area contributed by atoms with Gasteiger partial charge in [-0.15, -0.1) is 0 Å². The molecule has 0 aromatic rings. The Kier molecular flexibility index (Phi) is 3.53. The molecule has 0 aromatic heterocycles. The molecule has 12 heavy (non-hydrogen) atoms. The molecule has 0 heterocycles. The van der Waals surface area contributed by atoms with Crippen LogP contribution in [-0.2, 0) is 4.74 Å². The number of methoxy groups -OCH3 is 1. The summed E-state index contributed by atoms with van der Waals surface area (Å²) in [5.74, 6) is 0.981. The Hall–Kier alpha value is -0.0800. The molecule has 0 aromatic carbocycles. The van der Waals surface area contributed by atoms with E-state index in [1.807, 2.05) is 0 Å². The number of rotatable bonds is 5. The van der Waals surface area contributed by atoms with Gasteiger partial charge >= 0.3 is 0 Å². The summed E-state index contributed by atoms with van der Waals surface area (Å²) in [6.07, 6.45) is 3.29. The average Bonchev–Trinajstić information content (AvgIpc) is 2.88. The molecule has 1 N–H and O–H groups in total. The van der Waals surface area contributed by atoms with E-state index in [-0.39, 0.29) is 12.2 Å². The number of hydrogen-bond acceptors (Lipinski definition) is 2. The lowest BCUT2D eigenvalue weighted by molar-refractivity contribution is -0.0496. The Labute approximate surface area is 74.9 Å². The third kappa shape index (κ3) is 2.20. The first-order chi connectivity index (χ1) is 5.70. The van der Waals surface area contributed by atoms with Crippen LogP contribution in [0.3, 0.4) is 0 Å². The molecule has 0 amide bonds. The summed E-state index contributed by atoms with van der Waals surface area (Å²) in [5, 5.41) is 9.86. The SMILES string of the molecule is CCC(C)C(O)C(OC)C1CC1. The quantitative estimate of drug-likeness (QED) is 0.685. The largest absolute Gasteiger partial charge is 0.390 e. The van der Waals surface area contributed by atoms with Crippen molar-refractivity contribution >= 4 is 0 Å². The summed E-state index contributed by atoms with van der Waals surface area (Å²) < 4.78 is 5.31. The van der Waals surface area contributed by atoms with Crippen LogP contribution in [0.2, 0.25) is 0 Å². The van der Waals surface area contributed by atoms with Gasteiger partial charge in [0.1, 0.15) is 0 Å². The summed E-state index contributed by atoms with van der Waals surface area (Å²) in [5.41, 5.74) is 0. The van der Waals surface area contributed by atoms with Crippen molar-refractivity contribution in [2.45, 2.75) is 45.3 Å². The lowest BCUT2D eigenvalue weighted by atomic mass is 9.95. The van der Waals surface area contributed by atoms with Crippen molar-refractivity contribution in [2.75, 3.05) is 7.11 Å². The van der Waals surface area contributed by atoms with E-state index >= 15 is 0 Å². The molecule has 0 aliphatic heterocycles. The van der Waals surface area contributed by atoms with Gasteiger partial charge in [0.2, 0.25) is 0 Å². The van der Waals surface area contributed by atoms with Gasteiger partial charge in [0.05, 0.1) is 12.2 Å². The van der Waals surface area contributed by atoms with E-state index in [4.69, 9.17) is 4.74 Å². The maximum atomic E-state index is 9.86. The van der Waals surface area contributed by atoms with Crippen LogP contribution in [-0.4, -0.2) is 24.4 Å². The van der Waals surface area contributed by atoms with Gasteiger partial charge < -0.3 is 9.84 Å². The molecule has 1 saturated carbocycles. The summed E-state index contributed by atoms with van der Waals surface area (Å²) in [4.78, 5) is 0. The molecular formula is C10H20O2. The zero-order valence-corrected chi connectivity index (χ0v) is 8.29. The smallest absolute Gasteiger partial charge is 0.0860 e. The first-order valence-electron chi connectivity index (χ1n) is 4.91. The Morgan fingerprint density at radius 1 is 1.50 bits per heavy atom. The van der Waals surface area contributed by atoms with E-state index in [1.54, 1.807) is 7.11 Å². The topological polar surface area (TPSA) is 29.5 Å². The zero-order valence-electron chi connectivity index (χ0n) is 8.29.